The topological polar surface area (TPSA) is 53.9 Å². The Morgan fingerprint density at radius 2 is 2.00 bits per heavy atom. The minimum absolute atomic E-state index is 0.125. The van der Waals surface area contributed by atoms with Crippen LogP contribution < -0.4 is 5.32 Å². The molecule has 0 aromatic carbocycles. The Morgan fingerprint density at radius 3 is 2.89 bits per heavy atom. The first-order chi connectivity index (χ1) is 8.74. The van der Waals surface area contributed by atoms with Gasteiger partial charge in [0.25, 0.3) is 0 Å². The van der Waals surface area contributed by atoms with Crippen LogP contribution in [0.2, 0.25) is 10.4 Å². The third kappa shape index (κ3) is 2.39. The SMILES string of the molecule is Clc1nnc(Cl)c(NC2CCN3CCCCC23)n1. The molecule has 0 aliphatic carbocycles. The van der Waals surface area contributed by atoms with E-state index in [-0.39, 0.29) is 10.4 Å². The first kappa shape index (κ1) is 12.4. The number of hydrogen-bond donors (Lipinski definition) is 1. The zero-order chi connectivity index (χ0) is 12.5. The second-order valence-corrected chi connectivity index (χ2v) is 5.55. The van der Waals surface area contributed by atoms with E-state index >= 15 is 0 Å². The lowest BCUT2D eigenvalue weighted by atomic mass is 9.99. The monoisotopic (exact) mass is 287 g/mol. The summed E-state index contributed by atoms with van der Waals surface area (Å²) >= 11 is 11.7. The molecule has 98 valence electrons. The second-order valence-electron chi connectivity index (χ2n) is 4.86. The van der Waals surface area contributed by atoms with Crippen LogP contribution >= 0.6 is 23.2 Å². The quantitative estimate of drug-likeness (QED) is 0.904. The summed E-state index contributed by atoms with van der Waals surface area (Å²) in [5.74, 6) is 0.550. The van der Waals surface area contributed by atoms with Crippen LogP contribution in [-0.2, 0) is 0 Å². The average Bonchev–Trinajstić information content (AvgIpc) is 2.78. The van der Waals surface area contributed by atoms with E-state index < -0.39 is 0 Å². The van der Waals surface area contributed by atoms with Gasteiger partial charge in [-0.3, -0.25) is 4.90 Å². The van der Waals surface area contributed by atoms with E-state index in [2.05, 4.69) is 25.4 Å². The van der Waals surface area contributed by atoms with Crippen LogP contribution in [0.15, 0.2) is 0 Å². The second kappa shape index (κ2) is 5.15. The van der Waals surface area contributed by atoms with Gasteiger partial charge in [-0.1, -0.05) is 18.0 Å². The van der Waals surface area contributed by atoms with Crippen molar-refractivity contribution < 1.29 is 0 Å². The summed E-state index contributed by atoms with van der Waals surface area (Å²) in [6.07, 6.45) is 4.96. The highest BCUT2D eigenvalue weighted by Crippen LogP contribution is 2.30. The number of piperidine rings is 1. The molecule has 0 radical (unpaired) electrons. The zero-order valence-electron chi connectivity index (χ0n) is 9.94. The smallest absolute Gasteiger partial charge is 0.245 e. The molecule has 1 aromatic heterocycles. The van der Waals surface area contributed by atoms with Gasteiger partial charge in [0.15, 0.2) is 11.0 Å². The Labute approximate surface area is 116 Å². The van der Waals surface area contributed by atoms with Crippen LogP contribution in [0.4, 0.5) is 5.82 Å². The lowest BCUT2D eigenvalue weighted by molar-refractivity contribution is 0.192. The minimum Gasteiger partial charge on any atom is -0.363 e. The molecule has 2 unspecified atom stereocenters. The van der Waals surface area contributed by atoms with E-state index in [1.807, 2.05) is 0 Å². The maximum absolute atomic E-state index is 5.98. The maximum Gasteiger partial charge on any atom is 0.245 e. The summed E-state index contributed by atoms with van der Waals surface area (Å²) < 4.78 is 0. The highest BCUT2D eigenvalue weighted by molar-refractivity contribution is 6.32. The van der Waals surface area contributed by atoms with Gasteiger partial charge in [0, 0.05) is 18.6 Å². The number of nitrogens with one attached hydrogen (secondary N) is 1. The molecule has 2 fully saturated rings. The number of hydrogen-bond acceptors (Lipinski definition) is 5. The fourth-order valence-corrected chi connectivity index (χ4v) is 3.23. The summed E-state index contributed by atoms with van der Waals surface area (Å²) in [6, 6.07) is 0.971. The lowest BCUT2D eigenvalue weighted by Crippen LogP contribution is -2.41. The van der Waals surface area contributed by atoms with E-state index in [1.54, 1.807) is 0 Å². The fourth-order valence-electron chi connectivity index (χ4n) is 2.98. The van der Waals surface area contributed by atoms with Crippen molar-refractivity contribution in [1.82, 2.24) is 20.1 Å². The molecule has 0 spiro atoms. The summed E-state index contributed by atoms with van der Waals surface area (Å²) in [4.78, 5) is 6.65. The molecule has 2 aliphatic rings. The molecule has 7 heteroatoms. The highest BCUT2D eigenvalue weighted by atomic mass is 35.5. The number of nitrogens with zero attached hydrogens (tertiary/aromatic N) is 4. The number of rotatable bonds is 2. The van der Waals surface area contributed by atoms with Gasteiger partial charge in [-0.25, -0.2) is 0 Å². The van der Waals surface area contributed by atoms with Crippen LogP contribution in [0.3, 0.4) is 0 Å². The lowest BCUT2D eigenvalue weighted by Gasteiger charge is -2.32. The van der Waals surface area contributed by atoms with Gasteiger partial charge in [-0.15, -0.1) is 10.2 Å². The molecule has 2 saturated heterocycles. The molecule has 0 amide bonds. The van der Waals surface area contributed by atoms with Crippen molar-refractivity contribution in [3.63, 3.8) is 0 Å². The van der Waals surface area contributed by atoms with E-state index in [0.717, 1.165) is 13.0 Å². The largest absolute Gasteiger partial charge is 0.363 e. The zero-order valence-corrected chi connectivity index (χ0v) is 11.5. The van der Waals surface area contributed by atoms with Gasteiger partial charge in [0.1, 0.15) is 0 Å². The standard InChI is InChI=1S/C11H15Cl2N5/c12-9-10(15-11(13)17-16-9)14-7-4-6-18-5-2-1-3-8(7)18/h7-8H,1-6H2,(H,14,15,17). The predicted molar refractivity (Wildman–Crippen MR) is 71.1 cm³/mol. The molecule has 2 aliphatic heterocycles. The Morgan fingerprint density at radius 1 is 1.11 bits per heavy atom. The highest BCUT2D eigenvalue weighted by Gasteiger charge is 2.35. The molecule has 2 atom stereocenters. The van der Waals surface area contributed by atoms with E-state index in [4.69, 9.17) is 23.2 Å². The van der Waals surface area contributed by atoms with E-state index in [9.17, 15) is 0 Å². The summed E-state index contributed by atoms with van der Waals surface area (Å²) in [5, 5.41) is 11.2. The average molecular weight is 288 g/mol. The van der Waals surface area contributed by atoms with Gasteiger partial charge < -0.3 is 5.32 Å². The molecule has 3 rings (SSSR count). The number of aromatic nitrogens is 3. The Kier molecular flexibility index (Phi) is 3.54. The Bertz CT molecular complexity index is 441. The van der Waals surface area contributed by atoms with Gasteiger partial charge in [0.2, 0.25) is 5.28 Å². The van der Waals surface area contributed by atoms with Crippen LogP contribution in [0.5, 0.6) is 0 Å². The number of halogens is 2. The van der Waals surface area contributed by atoms with Gasteiger partial charge in [-0.05, 0) is 37.4 Å². The molecular formula is C11H15Cl2N5. The first-order valence-corrected chi connectivity index (χ1v) is 7.06. The van der Waals surface area contributed by atoms with Gasteiger partial charge in [0.05, 0.1) is 0 Å². The van der Waals surface area contributed by atoms with Crippen LogP contribution in [-0.4, -0.2) is 45.3 Å². The van der Waals surface area contributed by atoms with Crippen molar-refractivity contribution in [2.24, 2.45) is 0 Å². The first-order valence-electron chi connectivity index (χ1n) is 6.30. The van der Waals surface area contributed by atoms with Gasteiger partial charge in [-0.2, -0.15) is 4.98 Å². The molecule has 0 saturated carbocycles. The van der Waals surface area contributed by atoms with Crippen LogP contribution in [0, 0.1) is 0 Å². The Balaban J connectivity index is 1.74. The van der Waals surface area contributed by atoms with Crippen LogP contribution in [0.1, 0.15) is 25.7 Å². The predicted octanol–water partition coefficient (Wildman–Crippen LogP) is 2.22. The van der Waals surface area contributed by atoms with E-state index in [0.29, 0.717) is 17.9 Å². The van der Waals surface area contributed by atoms with Crippen molar-refractivity contribution in [3.05, 3.63) is 10.4 Å². The minimum atomic E-state index is 0.125. The summed E-state index contributed by atoms with van der Waals surface area (Å²) in [7, 11) is 0. The normalized spacial score (nSPS) is 28.1. The van der Waals surface area contributed by atoms with Crippen molar-refractivity contribution in [3.8, 4) is 0 Å². The molecule has 0 bridgehead atoms. The number of anilines is 1. The third-order valence-electron chi connectivity index (χ3n) is 3.80. The maximum atomic E-state index is 5.98. The number of fused-ring (bicyclic) bond motifs is 1. The van der Waals surface area contributed by atoms with E-state index in [1.165, 1.54) is 25.8 Å². The summed E-state index contributed by atoms with van der Waals surface area (Å²) in [6.45, 7) is 2.35. The van der Waals surface area contributed by atoms with Crippen LogP contribution in [0.25, 0.3) is 0 Å². The molecule has 5 nitrogen and oxygen atoms in total. The van der Waals surface area contributed by atoms with Gasteiger partial charge >= 0.3 is 0 Å². The van der Waals surface area contributed by atoms with Crippen molar-refractivity contribution in [2.75, 3.05) is 18.4 Å². The molecule has 18 heavy (non-hydrogen) atoms. The van der Waals surface area contributed by atoms with Crippen molar-refractivity contribution in [1.29, 1.82) is 0 Å². The molecule has 1 aromatic rings. The third-order valence-corrected chi connectivity index (χ3v) is 4.21. The fraction of sp³-hybridized carbons (Fsp3) is 0.727. The van der Waals surface area contributed by atoms with Crippen molar-refractivity contribution in [2.45, 2.75) is 37.8 Å². The molecular weight excluding hydrogens is 273 g/mol. The Hall–Kier alpha value is -0.650. The molecule has 1 N–H and O–H groups in total. The van der Waals surface area contributed by atoms with Crippen molar-refractivity contribution >= 4 is 29.0 Å². The summed E-state index contributed by atoms with van der Waals surface area (Å²) in [5.41, 5.74) is 0. The molecule has 3 heterocycles.